The van der Waals surface area contributed by atoms with E-state index in [1.54, 1.807) is 7.11 Å². The van der Waals surface area contributed by atoms with Crippen molar-refractivity contribution in [3.05, 3.63) is 83.9 Å². The summed E-state index contributed by atoms with van der Waals surface area (Å²) in [4.78, 5) is 10.1. The minimum atomic E-state index is 0.000554. The molecule has 132 valence electrons. The Balaban J connectivity index is 1.66. The van der Waals surface area contributed by atoms with Crippen LogP contribution in [0.15, 0.2) is 67.0 Å². The minimum absolute atomic E-state index is 0.000554. The lowest BCUT2D eigenvalue weighted by molar-refractivity contribution is 0.306. The fourth-order valence-corrected chi connectivity index (χ4v) is 3.68. The van der Waals surface area contributed by atoms with Crippen molar-refractivity contribution in [2.75, 3.05) is 7.11 Å². The molecule has 2 aromatic heterocycles. The van der Waals surface area contributed by atoms with Gasteiger partial charge in [0.2, 0.25) is 0 Å². The van der Waals surface area contributed by atoms with E-state index in [9.17, 15) is 0 Å². The van der Waals surface area contributed by atoms with Gasteiger partial charge in [-0.05, 0) is 54.2 Å². The fourth-order valence-electron chi connectivity index (χ4n) is 3.37. The summed E-state index contributed by atoms with van der Waals surface area (Å²) in [5, 5.41) is 4.18. The Hall–Kier alpha value is -2.86. The van der Waals surface area contributed by atoms with Gasteiger partial charge in [-0.1, -0.05) is 18.2 Å². The van der Waals surface area contributed by atoms with Gasteiger partial charge in [-0.25, -0.2) is 0 Å². The summed E-state index contributed by atoms with van der Waals surface area (Å²) in [5.41, 5.74) is 3.27. The number of H-pyrrole nitrogens is 1. The average Bonchev–Trinajstić information content (AvgIpc) is 3.32. The highest BCUT2D eigenvalue weighted by atomic mass is 32.1. The largest absolute Gasteiger partial charge is 0.497 e. The maximum Gasteiger partial charge on any atom is 0.170 e. The zero-order valence-corrected chi connectivity index (χ0v) is 15.2. The molecule has 0 amide bonds. The van der Waals surface area contributed by atoms with E-state index >= 15 is 0 Å². The second kappa shape index (κ2) is 7.17. The number of methoxy groups -OCH3 is 1. The van der Waals surface area contributed by atoms with Crippen molar-refractivity contribution in [1.29, 1.82) is 0 Å². The first-order valence-corrected chi connectivity index (χ1v) is 8.91. The van der Waals surface area contributed by atoms with Crippen molar-refractivity contribution in [2.24, 2.45) is 0 Å². The molecular weight excluding hydrogens is 344 g/mol. The number of aromatic amines is 1. The summed E-state index contributed by atoms with van der Waals surface area (Å²) in [6.07, 6.45) is 3.76. The van der Waals surface area contributed by atoms with Gasteiger partial charge in [0, 0.05) is 24.6 Å². The van der Waals surface area contributed by atoms with Crippen LogP contribution in [0.25, 0.3) is 0 Å². The molecular formula is C20H20N4OS. The van der Waals surface area contributed by atoms with E-state index in [2.05, 4.69) is 38.4 Å². The van der Waals surface area contributed by atoms with Gasteiger partial charge in [0.05, 0.1) is 24.9 Å². The van der Waals surface area contributed by atoms with Crippen LogP contribution in [0, 0.1) is 0 Å². The molecule has 1 saturated heterocycles. The second-order valence-corrected chi connectivity index (χ2v) is 6.61. The molecule has 1 aliphatic heterocycles. The van der Waals surface area contributed by atoms with E-state index < -0.39 is 0 Å². The van der Waals surface area contributed by atoms with Gasteiger partial charge in [-0.3, -0.25) is 4.98 Å². The lowest BCUT2D eigenvalue weighted by Crippen LogP contribution is -2.29. The molecule has 2 N–H and O–H groups in total. The van der Waals surface area contributed by atoms with Crippen molar-refractivity contribution in [3.8, 4) is 5.75 Å². The highest BCUT2D eigenvalue weighted by molar-refractivity contribution is 7.80. The molecule has 3 aromatic rings. The molecule has 0 unspecified atom stereocenters. The number of pyridine rings is 1. The standard InChI is InChI=1S/C20H20N4OS/c1-25-15-9-7-14(8-10-15)13-24-19(17-6-4-12-22-17)18(23-20(24)26)16-5-2-3-11-21-16/h2-12,18-19,22H,13H2,1H3,(H,23,26)/t18-,19+/m0/s1. The van der Waals surface area contributed by atoms with E-state index in [0.717, 1.165) is 22.2 Å². The normalized spacial score (nSPS) is 19.4. The number of ether oxygens (including phenoxy) is 1. The average molecular weight is 364 g/mol. The summed E-state index contributed by atoms with van der Waals surface area (Å²) in [6.45, 7) is 0.711. The number of nitrogens with zero attached hydrogens (tertiary/aromatic N) is 2. The number of nitrogens with one attached hydrogen (secondary N) is 2. The molecule has 5 nitrogen and oxygen atoms in total. The number of hydrogen-bond donors (Lipinski definition) is 2. The van der Waals surface area contributed by atoms with Crippen molar-refractivity contribution in [1.82, 2.24) is 20.2 Å². The van der Waals surface area contributed by atoms with E-state index in [4.69, 9.17) is 17.0 Å². The summed E-state index contributed by atoms with van der Waals surface area (Å²) in [5.74, 6) is 0.850. The van der Waals surface area contributed by atoms with Gasteiger partial charge in [-0.2, -0.15) is 0 Å². The Kier molecular flexibility index (Phi) is 4.58. The molecule has 0 saturated carbocycles. The first kappa shape index (κ1) is 16.6. The molecule has 3 heterocycles. The molecule has 2 atom stereocenters. The topological polar surface area (TPSA) is 53.2 Å². The highest BCUT2D eigenvalue weighted by Crippen LogP contribution is 2.38. The molecule has 1 aliphatic rings. The van der Waals surface area contributed by atoms with Crippen molar-refractivity contribution >= 4 is 17.3 Å². The molecule has 4 rings (SSSR count). The molecule has 0 aliphatic carbocycles. The van der Waals surface area contributed by atoms with E-state index in [1.165, 1.54) is 5.56 Å². The number of thiocarbonyl (C=S) groups is 1. The number of benzene rings is 1. The predicted molar refractivity (Wildman–Crippen MR) is 105 cm³/mol. The lowest BCUT2D eigenvalue weighted by Gasteiger charge is -2.27. The van der Waals surface area contributed by atoms with Gasteiger partial charge in [0.25, 0.3) is 0 Å². The SMILES string of the molecule is COc1ccc(CN2C(=S)N[C@@H](c3ccccn3)[C@H]2c2ccc[nH]2)cc1. The zero-order chi connectivity index (χ0) is 17.9. The van der Waals surface area contributed by atoms with Gasteiger partial charge >= 0.3 is 0 Å². The molecule has 0 bridgehead atoms. The van der Waals surface area contributed by atoms with Crippen LogP contribution in [-0.4, -0.2) is 27.1 Å². The first-order chi connectivity index (χ1) is 12.8. The maximum absolute atomic E-state index is 5.66. The summed E-state index contributed by atoms with van der Waals surface area (Å²) in [7, 11) is 1.67. The van der Waals surface area contributed by atoms with Crippen LogP contribution in [0.5, 0.6) is 5.75 Å². The number of hydrogen-bond acceptors (Lipinski definition) is 3. The third kappa shape index (κ3) is 3.15. The zero-order valence-electron chi connectivity index (χ0n) is 14.4. The Morgan fingerprint density at radius 2 is 1.96 bits per heavy atom. The summed E-state index contributed by atoms with van der Waals surface area (Å²) >= 11 is 5.66. The second-order valence-electron chi connectivity index (χ2n) is 6.23. The van der Waals surface area contributed by atoms with Crippen molar-refractivity contribution < 1.29 is 4.74 Å². The van der Waals surface area contributed by atoms with Gasteiger partial charge in [-0.15, -0.1) is 0 Å². The van der Waals surface area contributed by atoms with Gasteiger partial charge < -0.3 is 19.9 Å². The third-order valence-electron chi connectivity index (χ3n) is 4.65. The van der Waals surface area contributed by atoms with Crippen LogP contribution in [0.1, 0.15) is 29.0 Å². The van der Waals surface area contributed by atoms with Gasteiger partial charge in [0.1, 0.15) is 5.75 Å². The number of rotatable bonds is 5. The number of aromatic nitrogens is 2. The Bertz CT molecular complexity index is 865. The van der Waals surface area contributed by atoms with Crippen molar-refractivity contribution in [2.45, 2.75) is 18.6 Å². The Labute approximate surface area is 158 Å². The maximum atomic E-state index is 5.66. The quantitative estimate of drug-likeness (QED) is 0.678. The van der Waals surface area contributed by atoms with Crippen LogP contribution in [0.3, 0.4) is 0 Å². The smallest absolute Gasteiger partial charge is 0.170 e. The summed E-state index contributed by atoms with van der Waals surface area (Å²) < 4.78 is 5.25. The molecule has 1 fully saturated rings. The fraction of sp³-hybridized carbons (Fsp3) is 0.200. The minimum Gasteiger partial charge on any atom is -0.497 e. The van der Waals surface area contributed by atoms with Crippen LogP contribution < -0.4 is 10.1 Å². The predicted octanol–water partition coefficient (Wildman–Crippen LogP) is 3.59. The molecule has 0 spiro atoms. The highest BCUT2D eigenvalue weighted by Gasteiger charge is 2.40. The van der Waals surface area contributed by atoms with E-state index in [0.29, 0.717) is 6.54 Å². The molecule has 1 aromatic carbocycles. The summed E-state index contributed by atoms with van der Waals surface area (Å²) in [6, 6.07) is 18.2. The Morgan fingerprint density at radius 3 is 2.62 bits per heavy atom. The van der Waals surface area contributed by atoms with Crippen molar-refractivity contribution in [3.63, 3.8) is 0 Å². The third-order valence-corrected chi connectivity index (χ3v) is 5.00. The lowest BCUT2D eigenvalue weighted by atomic mass is 10.0. The molecule has 0 radical (unpaired) electrons. The Morgan fingerprint density at radius 1 is 1.12 bits per heavy atom. The monoisotopic (exact) mass is 364 g/mol. The van der Waals surface area contributed by atoms with Crippen LogP contribution in [0.4, 0.5) is 0 Å². The molecule has 6 heteroatoms. The molecule has 26 heavy (non-hydrogen) atoms. The van der Waals surface area contributed by atoms with Gasteiger partial charge in [0.15, 0.2) is 5.11 Å². The van der Waals surface area contributed by atoms with Crippen LogP contribution in [0.2, 0.25) is 0 Å². The van der Waals surface area contributed by atoms with Crippen LogP contribution in [-0.2, 0) is 6.54 Å². The first-order valence-electron chi connectivity index (χ1n) is 8.50. The van der Waals surface area contributed by atoms with Crippen LogP contribution >= 0.6 is 12.2 Å². The van der Waals surface area contributed by atoms with E-state index in [-0.39, 0.29) is 12.1 Å². The van der Waals surface area contributed by atoms with E-state index in [1.807, 2.05) is 48.8 Å².